The Balaban J connectivity index is 1.95. The smallest absolute Gasteiger partial charge is 0.219 e. The maximum Gasteiger partial charge on any atom is 0.219 e. The first-order valence-electron chi connectivity index (χ1n) is 7.06. The normalized spacial score (nSPS) is 13.6. The monoisotopic (exact) mass is 301 g/mol. The molecule has 4 heterocycles. The molecule has 1 aliphatic rings. The molecule has 0 aliphatic carbocycles. The van der Waals surface area contributed by atoms with Gasteiger partial charge in [0.2, 0.25) is 5.88 Å². The maximum atomic E-state index is 8.93. The average Bonchev–Trinajstić information content (AvgIpc) is 3.10. The molecule has 0 aromatic carbocycles. The van der Waals surface area contributed by atoms with Crippen LogP contribution >= 0.6 is 11.3 Å². The van der Waals surface area contributed by atoms with Crippen molar-refractivity contribution in [1.82, 2.24) is 9.97 Å². The third kappa shape index (κ3) is 2.02. The number of hydrogen-bond acceptors (Lipinski definition) is 6. The number of hydrogen-bond donors (Lipinski definition) is 2. The van der Waals surface area contributed by atoms with E-state index in [9.17, 15) is 0 Å². The lowest BCUT2D eigenvalue weighted by molar-refractivity contribution is 0.292. The highest BCUT2D eigenvalue weighted by atomic mass is 32.1. The zero-order valence-electron chi connectivity index (χ0n) is 11.4. The van der Waals surface area contributed by atoms with Gasteiger partial charge in [-0.1, -0.05) is 0 Å². The van der Waals surface area contributed by atoms with Crippen molar-refractivity contribution in [3.63, 3.8) is 0 Å². The van der Waals surface area contributed by atoms with Crippen LogP contribution in [-0.2, 0) is 6.42 Å². The minimum atomic E-state index is 0.172. The fraction of sp³-hybridized carbons (Fsp3) is 0.333. The van der Waals surface area contributed by atoms with Crippen LogP contribution in [0.5, 0.6) is 5.88 Å². The summed E-state index contributed by atoms with van der Waals surface area (Å²) in [7, 11) is 0. The van der Waals surface area contributed by atoms with E-state index < -0.39 is 0 Å². The summed E-state index contributed by atoms with van der Waals surface area (Å²) in [4.78, 5) is 10.1. The predicted molar refractivity (Wildman–Crippen MR) is 84.3 cm³/mol. The van der Waals surface area contributed by atoms with E-state index >= 15 is 0 Å². The molecule has 0 fully saturated rings. The van der Waals surface area contributed by atoms with E-state index in [1.807, 2.05) is 12.3 Å². The summed E-state index contributed by atoms with van der Waals surface area (Å²) in [5.41, 5.74) is 1.19. The average molecular weight is 301 g/mol. The summed E-state index contributed by atoms with van der Waals surface area (Å²) in [6.45, 7) is 1.56. The van der Waals surface area contributed by atoms with Gasteiger partial charge in [-0.05, 0) is 18.6 Å². The molecule has 5 nitrogen and oxygen atoms in total. The van der Waals surface area contributed by atoms with Gasteiger partial charge in [0.15, 0.2) is 0 Å². The first-order valence-corrected chi connectivity index (χ1v) is 7.88. The van der Waals surface area contributed by atoms with E-state index in [1.54, 1.807) is 11.3 Å². The zero-order chi connectivity index (χ0) is 14.2. The quantitative estimate of drug-likeness (QED) is 0.725. The minimum Gasteiger partial charge on any atom is -0.477 e. The summed E-state index contributed by atoms with van der Waals surface area (Å²) in [6, 6.07) is 4.08. The molecule has 0 unspecified atom stereocenters. The molecule has 108 valence electrons. The van der Waals surface area contributed by atoms with Crippen LogP contribution in [0.1, 0.15) is 12.0 Å². The van der Waals surface area contributed by atoms with Crippen LogP contribution in [0.25, 0.3) is 20.3 Å². The zero-order valence-corrected chi connectivity index (χ0v) is 12.2. The molecule has 4 rings (SSSR count). The van der Waals surface area contributed by atoms with Gasteiger partial charge in [0.1, 0.15) is 10.6 Å². The van der Waals surface area contributed by atoms with Gasteiger partial charge in [0, 0.05) is 42.1 Å². The molecule has 0 radical (unpaired) electrons. The first-order chi connectivity index (χ1) is 10.4. The van der Waals surface area contributed by atoms with Gasteiger partial charge in [-0.15, -0.1) is 11.3 Å². The topological polar surface area (TPSA) is 67.3 Å². The molecule has 2 N–H and O–H groups in total. The van der Waals surface area contributed by atoms with Gasteiger partial charge in [0.05, 0.1) is 11.3 Å². The fourth-order valence-electron chi connectivity index (χ4n) is 2.73. The van der Waals surface area contributed by atoms with Crippen molar-refractivity contribution in [3.05, 3.63) is 23.9 Å². The Morgan fingerprint density at radius 1 is 1.43 bits per heavy atom. The largest absolute Gasteiger partial charge is 0.477 e. The lowest BCUT2D eigenvalue weighted by atomic mass is 10.1. The fourth-order valence-corrected chi connectivity index (χ4v) is 3.87. The van der Waals surface area contributed by atoms with Crippen molar-refractivity contribution in [3.8, 4) is 5.88 Å². The van der Waals surface area contributed by atoms with Gasteiger partial charge in [-0.3, -0.25) is 0 Å². The first kappa shape index (κ1) is 12.8. The number of ether oxygens (including phenoxy) is 1. The van der Waals surface area contributed by atoms with Crippen molar-refractivity contribution >= 4 is 37.5 Å². The summed E-state index contributed by atoms with van der Waals surface area (Å²) < 4.78 is 6.79. The Morgan fingerprint density at radius 3 is 3.29 bits per heavy atom. The number of rotatable bonds is 4. The van der Waals surface area contributed by atoms with Gasteiger partial charge in [0.25, 0.3) is 0 Å². The Labute approximate surface area is 125 Å². The van der Waals surface area contributed by atoms with Crippen LogP contribution in [0, 0.1) is 0 Å². The van der Waals surface area contributed by atoms with Crippen molar-refractivity contribution in [2.75, 3.05) is 25.1 Å². The number of aliphatic hydroxyl groups is 1. The van der Waals surface area contributed by atoms with Gasteiger partial charge < -0.3 is 15.2 Å². The highest BCUT2D eigenvalue weighted by Gasteiger charge is 2.23. The van der Waals surface area contributed by atoms with Crippen molar-refractivity contribution in [1.29, 1.82) is 0 Å². The molecule has 6 heteroatoms. The van der Waals surface area contributed by atoms with Gasteiger partial charge in [-0.2, -0.15) is 4.98 Å². The molecule has 0 amide bonds. The third-order valence-electron chi connectivity index (χ3n) is 3.67. The lowest BCUT2D eigenvalue weighted by Gasteiger charge is -2.08. The Morgan fingerprint density at radius 2 is 2.38 bits per heavy atom. The number of aliphatic hydroxyl groups excluding tert-OH is 1. The second kappa shape index (κ2) is 5.13. The Kier molecular flexibility index (Phi) is 3.12. The van der Waals surface area contributed by atoms with Crippen LogP contribution in [0.3, 0.4) is 0 Å². The van der Waals surface area contributed by atoms with Gasteiger partial charge in [-0.25, -0.2) is 4.98 Å². The highest BCUT2D eigenvalue weighted by Crippen LogP contribution is 2.43. The molecule has 3 aromatic heterocycles. The van der Waals surface area contributed by atoms with Crippen LogP contribution < -0.4 is 10.1 Å². The molecular weight excluding hydrogens is 286 g/mol. The minimum absolute atomic E-state index is 0.172. The Hall–Kier alpha value is -1.92. The number of anilines is 1. The van der Waals surface area contributed by atoms with Gasteiger partial charge >= 0.3 is 0 Å². The van der Waals surface area contributed by atoms with E-state index in [1.165, 1.54) is 16.3 Å². The summed E-state index contributed by atoms with van der Waals surface area (Å²) in [5, 5.41) is 14.6. The second-order valence-electron chi connectivity index (χ2n) is 5.01. The molecule has 0 bridgehead atoms. The molecule has 21 heavy (non-hydrogen) atoms. The Bertz CT molecular complexity index is 815. The standard InChI is InChI=1S/C15H15N3O2S/c19-7-2-6-16-13-12-11(9-4-8-20-14(9)18-13)10-3-1-5-17-15(10)21-12/h1,3,5,19H,2,4,6-8H2,(H,16,18). The van der Waals surface area contributed by atoms with Crippen LogP contribution in [0.15, 0.2) is 18.3 Å². The second-order valence-corrected chi connectivity index (χ2v) is 6.01. The predicted octanol–water partition coefficient (Wildman–Crippen LogP) is 2.57. The molecule has 0 saturated heterocycles. The van der Waals surface area contributed by atoms with E-state index in [-0.39, 0.29) is 6.61 Å². The van der Waals surface area contributed by atoms with Crippen molar-refractivity contribution in [2.45, 2.75) is 12.8 Å². The maximum absolute atomic E-state index is 8.93. The molecule has 3 aromatic rings. The number of thiophene rings is 1. The lowest BCUT2D eigenvalue weighted by Crippen LogP contribution is -2.05. The van der Waals surface area contributed by atoms with E-state index in [2.05, 4.69) is 21.4 Å². The summed E-state index contributed by atoms with van der Waals surface area (Å²) in [5.74, 6) is 1.57. The van der Waals surface area contributed by atoms with Crippen molar-refractivity contribution < 1.29 is 9.84 Å². The SMILES string of the molecule is OCCCNc1nc2c(c3c1sc1ncccc13)CCO2. The van der Waals surface area contributed by atoms with Crippen LogP contribution in [0.4, 0.5) is 5.82 Å². The van der Waals surface area contributed by atoms with E-state index in [0.29, 0.717) is 19.6 Å². The third-order valence-corrected chi connectivity index (χ3v) is 4.79. The van der Waals surface area contributed by atoms with E-state index in [4.69, 9.17) is 9.84 Å². The summed E-state index contributed by atoms with van der Waals surface area (Å²) in [6.07, 6.45) is 3.42. The highest BCUT2D eigenvalue weighted by molar-refractivity contribution is 7.26. The number of pyridine rings is 2. The molecule has 0 spiro atoms. The molecular formula is C15H15N3O2S. The molecule has 0 atom stereocenters. The van der Waals surface area contributed by atoms with Crippen LogP contribution in [0.2, 0.25) is 0 Å². The molecule has 1 aliphatic heterocycles. The number of nitrogens with zero attached hydrogens (tertiary/aromatic N) is 2. The molecule has 0 saturated carbocycles. The van der Waals surface area contributed by atoms with E-state index in [0.717, 1.165) is 27.6 Å². The summed E-state index contributed by atoms with van der Waals surface area (Å²) >= 11 is 1.66. The number of fused-ring (bicyclic) bond motifs is 5. The number of aromatic nitrogens is 2. The van der Waals surface area contributed by atoms with Crippen molar-refractivity contribution in [2.24, 2.45) is 0 Å². The number of nitrogens with one attached hydrogen (secondary N) is 1. The van der Waals surface area contributed by atoms with Crippen LogP contribution in [-0.4, -0.2) is 34.8 Å².